The van der Waals surface area contributed by atoms with E-state index in [2.05, 4.69) is 15.3 Å². The van der Waals surface area contributed by atoms with E-state index in [1.807, 2.05) is 45.3 Å². The molecule has 0 atom stereocenters. The summed E-state index contributed by atoms with van der Waals surface area (Å²) in [6.45, 7) is 3.95. The van der Waals surface area contributed by atoms with Crippen LogP contribution in [0.25, 0.3) is 28.0 Å². The van der Waals surface area contributed by atoms with Crippen LogP contribution in [0.1, 0.15) is 25.3 Å². The third kappa shape index (κ3) is 2.87. The molecule has 4 aromatic rings. The fourth-order valence-corrected chi connectivity index (χ4v) is 3.46. The molecule has 2 aromatic heterocycles. The van der Waals surface area contributed by atoms with Crippen LogP contribution in [0, 0.1) is 4.77 Å². The zero-order valence-corrected chi connectivity index (χ0v) is 15.9. The third-order valence-corrected chi connectivity index (χ3v) is 4.82. The van der Waals surface area contributed by atoms with Gasteiger partial charge in [0.2, 0.25) is 0 Å². The fourth-order valence-electron chi connectivity index (χ4n) is 3.22. The molecule has 0 saturated heterocycles. The number of rotatable bonds is 3. The first-order valence-electron chi connectivity index (χ1n) is 8.52. The zero-order valence-electron chi connectivity index (χ0n) is 15.1. The Morgan fingerprint density at radius 3 is 2.63 bits per heavy atom. The number of aromatic nitrogens is 5. The van der Waals surface area contributed by atoms with Gasteiger partial charge in [0.1, 0.15) is 11.5 Å². The molecular weight excluding hydrogens is 362 g/mol. The predicted molar refractivity (Wildman–Crippen MR) is 106 cm³/mol. The van der Waals surface area contributed by atoms with Gasteiger partial charge in [0.25, 0.3) is 0 Å². The van der Waals surface area contributed by atoms with E-state index in [4.69, 9.17) is 12.2 Å². The van der Waals surface area contributed by atoms with Crippen molar-refractivity contribution in [3.63, 3.8) is 0 Å². The van der Waals surface area contributed by atoms with E-state index in [1.54, 1.807) is 15.3 Å². The maximum atomic E-state index is 10.4. The number of nitrogens with one attached hydrogen (secondary N) is 1. The van der Waals surface area contributed by atoms with Crippen LogP contribution in [0.2, 0.25) is 0 Å². The van der Waals surface area contributed by atoms with Gasteiger partial charge in [-0.25, -0.2) is 0 Å². The average Bonchev–Trinajstić information content (AvgIpc) is 3.15. The van der Waals surface area contributed by atoms with Gasteiger partial charge in [-0.15, -0.1) is 0 Å². The van der Waals surface area contributed by atoms with Crippen LogP contribution in [0.4, 0.5) is 0 Å². The van der Waals surface area contributed by atoms with Crippen LogP contribution in [-0.4, -0.2) is 34.8 Å². The van der Waals surface area contributed by atoms with E-state index >= 15 is 0 Å². The van der Waals surface area contributed by atoms with Gasteiger partial charge in [-0.05, 0) is 48.0 Å². The number of nitrogens with zero attached hydrogens (tertiary/aromatic N) is 4. The van der Waals surface area contributed by atoms with Crippen molar-refractivity contribution >= 4 is 23.1 Å². The SMILES string of the molecule is CC(C)c1cc(-c2n[nH]c(=S)n2-c2ccc3cn(C)nc3c2)c(O)cc1O. The predicted octanol–water partition coefficient (Wildman–Crippen LogP) is 4.02. The largest absolute Gasteiger partial charge is 0.508 e. The van der Waals surface area contributed by atoms with Gasteiger partial charge >= 0.3 is 0 Å². The smallest absolute Gasteiger partial charge is 0.200 e. The van der Waals surface area contributed by atoms with E-state index in [9.17, 15) is 10.2 Å². The van der Waals surface area contributed by atoms with Crippen LogP contribution in [-0.2, 0) is 7.05 Å². The number of fused-ring (bicyclic) bond motifs is 1. The highest BCUT2D eigenvalue weighted by atomic mass is 32.1. The summed E-state index contributed by atoms with van der Waals surface area (Å²) in [5.74, 6) is 0.548. The molecule has 0 radical (unpaired) electrons. The number of benzene rings is 2. The summed E-state index contributed by atoms with van der Waals surface area (Å²) in [6.07, 6.45) is 1.94. The van der Waals surface area contributed by atoms with Crippen LogP contribution >= 0.6 is 12.2 Å². The molecule has 138 valence electrons. The molecule has 7 nitrogen and oxygen atoms in total. The summed E-state index contributed by atoms with van der Waals surface area (Å²) < 4.78 is 3.91. The van der Waals surface area contributed by atoms with Crippen LogP contribution in [0.3, 0.4) is 0 Å². The molecular formula is C19H19N5O2S. The van der Waals surface area contributed by atoms with E-state index in [0.717, 1.165) is 22.2 Å². The molecule has 3 N–H and O–H groups in total. The lowest BCUT2D eigenvalue weighted by Gasteiger charge is -2.13. The first kappa shape index (κ1) is 17.3. The number of phenolic OH excluding ortho intramolecular Hbond substituents is 2. The summed E-state index contributed by atoms with van der Waals surface area (Å²) in [7, 11) is 1.87. The second kappa shape index (κ2) is 6.24. The van der Waals surface area contributed by atoms with Crippen molar-refractivity contribution < 1.29 is 10.2 Å². The first-order chi connectivity index (χ1) is 12.8. The van der Waals surface area contributed by atoms with Gasteiger partial charge in [-0.2, -0.15) is 10.2 Å². The highest BCUT2D eigenvalue weighted by Crippen LogP contribution is 2.38. The molecule has 2 heterocycles. The van der Waals surface area contributed by atoms with Gasteiger partial charge in [-0.3, -0.25) is 14.3 Å². The summed E-state index contributed by atoms with van der Waals surface area (Å²) >= 11 is 5.42. The summed E-state index contributed by atoms with van der Waals surface area (Å²) in [4.78, 5) is 0. The van der Waals surface area contributed by atoms with Crippen molar-refractivity contribution in [2.75, 3.05) is 0 Å². The second-order valence-electron chi connectivity index (χ2n) is 6.82. The van der Waals surface area contributed by atoms with Gasteiger partial charge in [0.15, 0.2) is 10.6 Å². The minimum atomic E-state index is -0.0638. The normalized spacial score (nSPS) is 11.6. The van der Waals surface area contributed by atoms with Crippen molar-refractivity contribution in [2.24, 2.45) is 7.05 Å². The number of phenols is 2. The first-order valence-corrected chi connectivity index (χ1v) is 8.93. The second-order valence-corrected chi connectivity index (χ2v) is 7.20. The molecule has 0 aliphatic heterocycles. The Bertz CT molecular complexity index is 1220. The van der Waals surface area contributed by atoms with E-state index in [-0.39, 0.29) is 17.4 Å². The van der Waals surface area contributed by atoms with Crippen molar-refractivity contribution in [3.8, 4) is 28.6 Å². The maximum Gasteiger partial charge on any atom is 0.200 e. The Hall–Kier alpha value is -3.13. The number of aromatic amines is 1. The highest BCUT2D eigenvalue weighted by Gasteiger charge is 2.19. The van der Waals surface area contributed by atoms with Gasteiger partial charge in [0.05, 0.1) is 16.8 Å². The van der Waals surface area contributed by atoms with Gasteiger partial charge < -0.3 is 10.2 Å². The molecule has 0 fully saturated rings. The Balaban J connectivity index is 1.94. The molecule has 0 aliphatic carbocycles. The molecule has 0 saturated carbocycles. The molecule has 27 heavy (non-hydrogen) atoms. The zero-order chi connectivity index (χ0) is 19.3. The lowest BCUT2D eigenvalue weighted by molar-refractivity contribution is 0.444. The Kier molecular flexibility index (Phi) is 4.00. The Morgan fingerprint density at radius 2 is 1.89 bits per heavy atom. The standard InChI is InChI=1S/C19H19N5O2S/c1-10(2)13-7-14(17(26)8-16(13)25)18-20-21-19(27)24(18)12-5-4-11-9-23(3)22-15(11)6-12/h4-10,25-26H,1-3H3,(H,21,27). The lowest BCUT2D eigenvalue weighted by atomic mass is 9.98. The van der Waals surface area contributed by atoms with Crippen molar-refractivity contribution in [2.45, 2.75) is 19.8 Å². The number of aryl methyl sites for hydroxylation is 1. The van der Waals surface area contributed by atoms with Crippen LogP contribution in [0.15, 0.2) is 36.5 Å². The van der Waals surface area contributed by atoms with Crippen molar-refractivity contribution in [1.82, 2.24) is 24.5 Å². The molecule has 2 aromatic carbocycles. The lowest BCUT2D eigenvalue weighted by Crippen LogP contribution is -1.99. The Labute approximate surface area is 160 Å². The van der Waals surface area contributed by atoms with Crippen molar-refractivity contribution in [3.05, 3.63) is 46.9 Å². The number of aromatic hydroxyl groups is 2. The molecule has 0 unspecified atom stereocenters. The number of hydrogen-bond donors (Lipinski definition) is 3. The summed E-state index contributed by atoms with van der Waals surface area (Å²) in [5, 5.41) is 33.1. The quantitative estimate of drug-likeness (QED) is 0.466. The molecule has 0 aliphatic rings. The third-order valence-electron chi connectivity index (χ3n) is 4.54. The Morgan fingerprint density at radius 1 is 1.11 bits per heavy atom. The minimum Gasteiger partial charge on any atom is -0.508 e. The average molecular weight is 381 g/mol. The maximum absolute atomic E-state index is 10.4. The monoisotopic (exact) mass is 381 g/mol. The highest BCUT2D eigenvalue weighted by molar-refractivity contribution is 7.71. The summed E-state index contributed by atoms with van der Waals surface area (Å²) in [6, 6.07) is 8.90. The van der Waals surface area contributed by atoms with Crippen LogP contribution < -0.4 is 0 Å². The molecule has 8 heteroatoms. The van der Waals surface area contributed by atoms with E-state index in [0.29, 0.717) is 16.2 Å². The summed E-state index contributed by atoms with van der Waals surface area (Å²) in [5.41, 5.74) is 2.84. The molecule has 0 spiro atoms. The number of hydrogen-bond acceptors (Lipinski definition) is 5. The molecule has 4 rings (SSSR count). The van der Waals surface area contributed by atoms with Gasteiger partial charge in [0, 0.05) is 24.7 Å². The number of H-pyrrole nitrogens is 1. The van der Waals surface area contributed by atoms with E-state index in [1.165, 1.54) is 6.07 Å². The van der Waals surface area contributed by atoms with E-state index < -0.39 is 0 Å². The fraction of sp³-hybridized carbons (Fsp3) is 0.211. The van der Waals surface area contributed by atoms with Gasteiger partial charge in [-0.1, -0.05) is 13.8 Å². The van der Waals surface area contributed by atoms with Crippen LogP contribution in [0.5, 0.6) is 11.5 Å². The molecule has 0 bridgehead atoms. The minimum absolute atomic E-state index is 0.0573. The molecule has 0 amide bonds. The topological polar surface area (TPSA) is 91.9 Å². The van der Waals surface area contributed by atoms with Crippen molar-refractivity contribution in [1.29, 1.82) is 0 Å².